The molecule has 0 fully saturated rings. The Morgan fingerprint density at radius 1 is 1.42 bits per heavy atom. The van der Waals surface area contributed by atoms with Crippen LogP contribution in [0.25, 0.3) is 0 Å². The van der Waals surface area contributed by atoms with Crippen LogP contribution in [0.2, 0.25) is 6.55 Å². The highest BCUT2D eigenvalue weighted by Crippen LogP contribution is 2.09. The van der Waals surface area contributed by atoms with Crippen LogP contribution >= 0.6 is 0 Å². The molecular weight excluding hydrogens is 168 g/mol. The van der Waals surface area contributed by atoms with Crippen molar-refractivity contribution in [2.45, 2.75) is 27.3 Å². The van der Waals surface area contributed by atoms with Crippen LogP contribution < -0.4 is 0 Å². The van der Waals surface area contributed by atoms with E-state index in [0.717, 1.165) is 6.61 Å². The molecule has 0 spiro atoms. The minimum absolute atomic E-state index is 0.553. The molecule has 0 aromatic carbocycles. The molecule has 0 bridgehead atoms. The molecule has 0 saturated heterocycles. The summed E-state index contributed by atoms with van der Waals surface area (Å²) in [5.41, 5.74) is 1.83. The molecule has 0 amide bonds. The molecule has 1 unspecified atom stereocenters. The largest absolute Gasteiger partial charge is 0.392 e. The predicted molar refractivity (Wildman–Crippen MR) is 54.2 cm³/mol. The van der Waals surface area contributed by atoms with E-state index in [4.69, 9.17) is 8.85 Å². The highest BCUT2D eigenvalue weighted by atomic mass is 28.4. The lowest BCUT2D eigenvalue weighted by molar-refractivity contribution is 0.173. The molecule has 3 heteroatoms. The smallest absolute Gasteiger partial charge is 0.361 e. The predicted octanol–water partition coefficient (Wildman–Crippen LogP) is 2.49. The average molecular weight is 188 g/mol. The van der Waals surface area contributed by atoms with Crippen LogP contribution in [0.5, 0.6) is 0 Å². The molecule has 0 rings (SSSR count). The Morgan fingerprint density at radius 2 is 2.00 bits per heavy atom. The molecule has 2 nitrogen and oxygen atoms in total. The third kappa shape index (κ3) is 4.69. The zero-order valence-corrected chi connectivity index (χ0v) is 9.59. The maximum atomic E-state index is 5.68. The summed E-state index contributed by atoms with van der Waals surface area (Å²) >= 11 is 0. The highest BCUT2D eigenvalue weighted by molar-refractivity contribution is 6.71. The third-order valence-electron chi connectivity index (χ3n) is 1.50. The Morgan fingerprint density at radius 3 is 2.33 bits per heavy atom. The first-order valence-electron chi connectivity index (χ1n) is 4.45. The normalized spacial score (nSPS) is 16.1. The van der Waals surface area contributed by atoms with E-state index in [1.807, 2.05) is 19.2 Å². The first-order valence-corrected chi connectivity index (χ1v) is 6.85. The second-order valence-electron chi connectivity index (χ2n) is 3.36. The van der Waals surface area contributed by atoms with Crippen molar-refractivity contribution in [1.82, 2.24) is 0 Å². The summed E-state index contributed by atoms with van der Waals surface area (Å²) in [6.07, 6.45) is 0. The summed E-state index contributed by atoms with van der Waals surface area (Å²) in [5, 5.41) is 0. The SMILES string of the molecule is C=C[Si](C)(OCC)OCC(C)C. The van der Waals surface area contributed by atoms with Crippen LogP contribution in [0.3, 0.4) is 0 Å². The van der Waals surface area contributed by atoms with Crippen LogP contribution in [-0.4, -0.2) is 21.8 Å². The fraction of sp³-hybridized carbons (Fsp3) is 0.778. The second kappa shape index (κ2) is 5.51. The maximum Gasteiger partial charge on any atom is 0.361 e. The van der Waals surface area contributed by atoms with E-state index in [2.05, 4.69) is 20.4 Å². The summed E-state index contributed by atoms with van der Waals surface area (Å²) in [4.78, 5) is 0. The van der Waals surface area contributed by atoms with Gasteiger partial charge >= 0.3 is 8.56 Å². The molecule has 1 atom stereocenters. The second-order valence-corrected chi connectivity index (χ2v) is 6.38. The zero-order valence-electron chi connectivity index (χ0n) is 8.59. The molecule has 0 saturated carbocycles. The van der Waals surface area contributed by atoms with Crippen LogP contribution in [-0.2, 0) is 8.85 Å². The summed E-state index contributed by atoms with van der Waals surface area (Å²) in [6.45, 7) is 13.5. The summed E-state index contributed by atoms with van der Waals surface area (Å²) in [6, 6.07) is 0. The van der Waals surface area contributed by atoms with Gasteiger partial charge in [0.05, 0.1) is 0 Å². The van der Waals surface area contributed by atoms with E-state index in [-0.39, 0.29) is 0 Å². The number of rotatable bonds is 6. The zero-order chi connectivity index (χ0) is 9.61. The monoisotopic (exact) mass is 188 g/mol. The molecule has 72 valence electrons. The first-order chi connectivity index (χ1) is 5.54. The lowest BCUT2D eigenvalue weighted by atomic mass is 10.2. The standard InChI is InChI=1S/C9H20O2Si/c1-6-10-12(5,7-2)11-8-9(3)4/h7,9H,2,6,8H2,1,3-5H3. The van der Waals surface area contributed by atoms with Crippen molar-refractivity contribution >= 4 is 8.56 Å². The van der Waals surface area contributed by atoms with Gasteiger partial charge in [-0.05, 0) is 25.1 Å². The van der Waals surface area contributed by atoms with Crippen molar-refractivity contribution in [2.75, 3.05) is 13.2 Å². The van der Waals surface area contributed by atoms with Crippen molar-refractivity contribution in [1.29, 1.82) is 0 Å². The maximum absolute atomic E-state index is 5.68. The molecular formula is C9H20O2Si. The van der Waals surface area contributed by atoms with E-state index in [0.29, 0.717) is 12.5 Å². The molecule has 12 heavy (non-hydrogen) atoms. The van der Waals surface area contributed by atoms with Gasteiger partial charge in [0, 0.05) is 13.2 Å². The van der Waals surface area contributed by atoms with E-state index in [1.54, 1.807) is 0 Å². The first kappa shape index (κ1) is 11.9. The molecule has 0 aliphatic rings. The van der Waals surface area contributed by atoms with Crippen LogP contribution in [0.4, 0.5) is 0 Å². The number of hydrogen-bond donors (Lipinski definition) is 0. The molecule has 0 aromatic rings. The van der Waals surface area contributed by atoms with Gasteiger partial charge in [0.2, 0.25) is 0 Å². The molecule has 0 N–H and O–H groups in total. The van der Waals surface area contributed by atoms with E-state index < -0.39 is 8.56 Å². The average Bonchev–Trinajstić information content (AvgIpc) is 2.02. The van der Waals surface area contributed by atoms with Crippen LogP contribution in [0.15, 0.2) is 12.3 Å². The molecule has 0 aliphatic heterocycles. The lowest BCUT2D eigenvalue weighted by Crippen LogP contribution is -2.37. The van der Waals surface area contributed by atoms with Crippen molar-refractivity contribution in [3.63, 3.8) is 0 Å². The van der Waals surface area contributed by atoms with Gasteiger partial charge in [-0.2, -0.15) is 0 Å². The van der Waals surface area contributed by atoms with Gasteiger partial charge in [-0.1, -0.05) is 13.8 Å². The highest BCUT2D eigenvalue weighted by Gasteiger charge is 2.26. The van der Waals surface area contributed by atoms with E-state index in [1.165, 1.54) is 0 Å². The van der Waals surface area contributed by atoms with Gasteiger partial charge in [0.15, 0.2) is 0 Å². The van der Waals surface area contributed by atoms with Crippen molar-refractivity contribution in [2.24, 2.45) is 5.92 Å². The fourth-order valence-corrected chi connectivity index (χ4v) is 2.33. The van der Waals surface area contributed by atoms with Crippen LogP contribution in [0.1, 0.15) is 20.8 Å². The van der Waals surface area contributed by atoms with E-state index >= 15 is 0 Å². The van der Waals surface area contributed by atoms with E-state index in [9.17, 15) is 0 Å². The van der Waals surface area contributed by atoms with Gasteiger partial charge in [-0.3, -0.25) is 0 Å². The van der Waals surface area contributed by atoms with Crippen molar-refractivity contribution in [3.05, 3.63) is 12.3 Å². The van der Waals surface area contributed by atoms with Gasteiger partial charge < -0.3 is 8.85 Å². The number of hydrogen-bond acceptors (Lipinski definition) is 2. The Kier molecular flexibility index (Phi) is 5.45. The summed E-state index contributed by atoms with van der Waals surface area (Å²) in [5.74, 6) is 0.553. The summed E-state index contributed by atoms with van der Waals surface area (Å²) < 4.78 is 11.2. The Bertz CT molecular complexity index is 136. The molecule has 0 heterocycles. The van der Waals surface area contributed by atoms with Gasteiger partial charge in [0.25, 0.3) is 0 Å². The Hall–Kier alpha value is -0.123. The minimum Gasteiger partial charge on any atom is -0.392 e. The fourth-order valence-electron chi connectivity index (χ4n) is 0.778. The van der Waals surface area contributed by atoms with Crippen molar-refractivity contribution < 1.29 is 8.85 Å². The van der Waals surface area contributed by atoms with Gasteiger partial charge in [-0.25, -0.2) is 0 Å². The third-order valence-corrected chi connectivity index (χ3v) is 3.85. The quantitative estimate of drug-likeness (QED) is 0.596. The van der Waals surface area contributed by atoms with Gasteiger partial charge in [-0.15, -0.1) is 6.58 Å². The topological polar surface area (TPSA) is 18.5 Å². The van der Waals surface area contributed by atoms with Crippen molar-refractivity contribution in [3.8, 4) is 0 Å². The Labute approximate surface area is 76.8 Å². The Balaban J connectivity index is 3.87. The lowest BCUT2D eigenvalue weighted by Gasteiger charge is -2.23. The van der Waals surface area contributed by atoms with Gasteiger partial charge in [0.1, 0.15) is 0 Å². The summed E-state index contributed by atoms with van der Waals surface area (Å²) in [7, 11) is -2.02. The minimum atomic E-state index is -2.02. The molecule has 0 aromatic heterocycles. The molecule has 0 radical (unpaired) electrons. The van der Waals surface area contributed by atoms with Crippen LogP contribution in [0, 0.1) is 5.92 Å². The molecule has 0 aliphatic carbocycles.